The van der Waals surface area contributed by atoms with Crippen molar-refractivity contribution in [2.45, 2.75) is 6.54 Å². The molecule has 4 rings (SSSR count). The first-order valence-corrected chi connectivity index (χ1v) is 9.55. The van der Waals surface area contributed by atoms with Crippen LogP contribution in [0.1, 0.15) is 0 Å². The van der Waals surface area contributed by atoms with Crippen molar-refractivity contribution in [2.75, 3.05) is 27.3 Å². The quantitative estimate of drug-likeness (QED) is 0.702. The van der Waals surface area contributed by atoms with Crippen LogP contribution in [-0.4, -0.2) is 54.8 Å². The van der Waals surface area contributed by atoms with Crippen molar-refractivity contribution in [3.63, 3.8) is 0 Å². The summed E-state index contributed by atoms with van der Waals surface area (Å²) in [5, 5.41) is 11.4. The van der Waals surface area contributed by atoms with Gasteiger partial charge in [-0.05, 0) is 6.07 Å². The molecule has 0 radical (unpaired) electrons. The molecule has 138 valence electrons. The molecule has 10 heteroatoms. The monoisotopic (exact) mass is 377 g/mol. The Labute approximate surface area is 150 Å². The van der Waals surface area contributed by atoms with Crippen LogP contribution in [0.3, 0.4) is 0 Å². The second kappa shape index (κ2) is 6.08. The number of hydrogen-bond acceptors (Lipinski definition) is 6. The van der Waals surface area contributed by atoms with E-state index in [0.29, 0.717) is 31.1 Å². The molecule has 9 nitrogen and oxygen atoms in total. The zero-order valence-electron chi connectivity index (χ0n) is 14.4. The van der Waals surface area contributed by atoms with Crippen molar-refractivity contribution >= 4 is 32.0 Å². The van der Waals surface area contributed by atoms with E-state index in [1.54, 1.807) is 26.6 Å². The zero-order valence-corrected chi connectivity index (χ0v) is 15.2. The number of benzene rings is 1. The molecule has 0 atom stereocenters. The van der Waals surface area contributed by atoms with Gasteiger partial charge in [-0.3, -0.25) is 9.67 Å². The molecule has 26 heavy (non-hydrogen) atoms. The summed E-state index contributed by atoms with van der Waals surface area (Å²) in [6.45, 7) is 1.41. The summed E-state index contributed by atoms with van der Waals surface area (Å²) in [5.41, 5.74) is 1.71. The summed E-state index contributed by atoms with van der Waals surface area (Å²) >= 11 is 0. The number of rotatable bonds is 5. The van der Waals surface area contributed by atoms with E-state index in [1.807, 2.05) is 16.8 Å². The number of ether oxygens (including phenoxy) is 2. The molecule has 3 heterocycles. The molecule has 0 spiro atoms. The van der Waals surface area contributed by atoms with Crippen LogP contribution < -0.4 is 14.6 Å². The summed E-state index contributed by atoms with van der Waals surface area (Å²) in [6.07, 6.45) is 3.53. The SMILES string of the molecule is COc1cc2ncc3cnn(CC4CN(S(N)(=O)=O)C4)c3c2cc1OC. The predicted octanol–water partition coefficient (Wildman–Crippen LogP) is 0.737. The maximum Gasteiger partial charge on any atom is 0.276 e. The summed E-state index contributed by atoms with van der Waals surface area (Å²) in [6, 6.07) is 3.72. The highest BCUT2D eigenvalue weighted by Crippen LogP contribution is 2.35. The van der Waals surface area contributed by atoms with Crippen LogP contribution in [0.4, 0.5) is 0 Å². The van der Waals surface area contributed by atoms with Crippen molar-refractivity contribution in [1.29, 1.82) is 0 Å². The first-order chi connectivity index (χ1) is 12.4. The van der Waals surface area contributed by atoms with Crippen LogP contribution in [0.15, 0.2) is 24.5 Å². The van der Waals surface area contributed by atoms with E-state index in [0.717, 1.165) is 21.8 Å². The van der Waals surface area contributed by atoms with Crippen LogP contribution in [0.25, 0.3) is 21.8 Å². The van der Waals surface area contributed by atoms with Crippen LogP contribution in [-0.2, 0) is 16.8 Å². The van der Waals surface area contributed by atoms with Gasteiger partial charge >= 0.3 is 0 Å². The number of methoxy groups -OCH3 is 2. The summed E-state index contributed by atoms with van der Waals surface area (Å²) < 4.78 is 36.5. The second-order valence-electron chi connectivity index (χ2n) is 6.34. The molecule has 0 saturated carbocycles. The van der Waals surface area contributed by atoms with E-state index in [9.17, 15) is 8.42 Å². The van der Waals surface area contributed by atoms with E-state index in [4.69, 9.17) is 14.6 Å². The Morgan fingerprint density at radius 1 is 1.19 bits per heavy atom. The van der Waals surface area contributed by atoms with Gasteiger partial charge < -0.3 is 9.47 Å². The Morgan fingerprint density at radius 2 is 1.88 bits per heavy atom. The third-order valence-electron chi connectivity index (χ3n) is 4.68. The third-order valence-corrected chi connectivity index (χ3v) is 5.70. The fraction of sp³-hybridized carbons (Fsp3) is 0.375. The highest BCUT2D eigenvalue weighted by Gasteiger charge is 2.34. The molecule has 3 aromatic rings. The maximum absolute atomic E-state index is 11.3. The Balaban J connectivity index is 1.73. The van der Waals surface area contributed by atoms with Gasteiger partial charge in [0.1, 0.15) is 0 Å². The van der Waals surface area contributed by atoms with E-state index < -0.39 is 10.2 Å². The van der Waals surface area contributed by atoms with Crippen molar-refractivity contribution in [3.8, 4) is 11.5 Å². The van der Waals surface area contributed by atoms with Crippen molar-refractivity contribution in [2.24, 2.45) is 11.1 Å². The standard InChI is InChI=1S/C16H19N5O4S/c1-24-14-3-12-13(4-15(14)25-2)18-5-11-6-19-21(16(11)12)9-10-7-20(8-10)26(17,22)23/h3-6,10H,7-9H2,1-2H3,(H2,17,22,23). The molecule has 0 unspecified atom stereocenters. The van der Waals surface area contributed by atoms with Gasteiger partial charge in [-0.25, -0.2) is 5.14 Å². The van der Waals surface area contributed by atoms with Crippen LogP contribution in [0.5, 0.6) is 11.5 Å². The first kappa shape index (κ1) is 17.0. The van der Waals surface area contributed by atoms with Gasteiger partial charge in [0.05, 0.1) is 31.4 Å². The Morgan fingerprint density at radius 3 is 2.54 bits per heavy atom. The molecule has 1 aliphatic heterocycles. The highest BCUT2D eigenvalue weighted by molar-refractivity contribution is 7.86. The molecule has 2 N–H and O–H groups in total. The van der Waals surface area contributed by atoms with Gasteiger partial charge in [0.15, 0.2) is 11.5 Å². The maximum atomic E-state index is 11.3. The third kappa shape index (κ3) is 2.75. The average Bonchev–Trinajstić information content (AvgIpc) is 2.98. The molecule has 1 saturated heterocycles. The molecule has 0 aliphatic carbocycles. The molecule has 1 fully saturated rings. The molecule has 0 amide bonds. The summed E-state index contributed by atoms with van der Waals surface area (Å²) in [4.78, 5) is 4.47. The molecular weight excluding hydrogens is 358 g/mol. The van der Waals surface area contributed by atoms with E-state index >= 15 is 0 Å². The zero-order chi connectivity index (χ0) is 18.5. The minimum Gasteiger partial charge on any atom is -0.493 e. The van der Waals surface area contributed by atoms with Crippen molar-refractivity contribution in [1.82, 2.24) is 19.1 Å². The molecule has 0 bridgehead atoms. The summed E-state index contributed by atoms with van der Waals surface area (Å²) in [7, 11) is -0.437. The average molecular weight is 377 g/mol. The fourth-order valence-electron chi connectivity index (χ4n) is 3.32. The predicted molar refractivity (Wildman–Crippen MR) is 96.3 cm³/mol. The molecule has 2 aromatic heterocycles. The lowest BCUT2D eigenvalue weighted by Gasteiger charge is -2.36. The van der Waals surface area contributed by atoms with Crippen molar-refractivity contribution < 1.29 is 17.9 Å². The lowest BCUT2D eigenvalue weighted by Crippen LogP contribution is -2.53. The minimum absolute atomic E-state index is 0.166. The van der Waals surface area contributed by atoms with Gasteiger partial charge in [-0.15, -0.1) is 0 Å². The van der Waals surface area contributed by atoms with Crippen LogP contribution in [0.2, 0.25) is 0 Å². The van der Waals surface area contributed by atoms with Gasteiger partial charge in [0.25, 0.3) is 10.2 Å². The number of aromatic nitrogens is 3. The lowest BCUT2D eigenvalue weighted by atomic mass is 10.0. The molecule has 1 aromatic carbocycles. The normalized spacial score (nSPS) is 16.1. The number of nitrogens with zero attached hydrogens (tertiary/aromatic N) is 4. The van der Waals surface area contributed by atoms with E-state index in [1.165, 1.54) is 4.31 Å². The Kier molecular flexibility index (Phi) is 3.98. The number of nitrogens with two attached hydrogens (primary N) is 1. The minimum atomic E-state index is -3.61. The number of hydrogen-bond donors (Lipinski definition) is 1. The van der Waals surface area contributed by atoms with Gasteiger partial charge in [-0.2, -0.15) is 17.8 Å². The topological polar surface area (TPSA) is 113 Å². The van der Waals surface area contributed by atoms with Crippen LogP contribution >= 0.6 is 0 Å². The van der Waals surface area contributed by atoms with Gasteiger partial charge in [-0.1, -0.05) is 0 Å². The van der Waals surface area contributed by atoms with Crippen LogP contribution in [0, 0.1) is 5.92 Å². The Bertz CT molecular complexity index is 1090. The number of fused-ring (bicyclic) bond motifs is 3. The van der Waals surface area contributed by atoms with Gasteiger partial charge in [0.2, 0.25) is 0 Å². The lowest BCUT2D eigenvalue weighted by molar-refractivity contribution is 0.177. The Hall–Kier alpha value is -2.43. The molecular formula is C16H19N5O4S. The van der Waals surface area contributed by atoms with Gasteiger partial charge in [0, 0.05) is 48.6 Å². The van der Waals surface area contributed by atoms with E-state index in [2.05, 4.69) is 10.1 Å². The fourth-order valence-corrected chi connectivity index (χ4v) is 4.16. The van der Waals surface area contributed by atoms with E-state index in [-0.39, 0.29) is 5.92 Å². The number of pyridine rings is 1. The molecule has 1 aliphatic rings. The highest BCUT2D eigenvalue weighted by atomic mass is 32.2. The smallest absolute Gasteiger partial charge is 0.276 e. The first-order valence-electron chi connectivity index (χ1n) is 8.05. The second-order valence-corrected chi connectivity index (χ2v) is 7.89. The summed E-state index contributed by atoms with van der Waals surface area (Å²) in [5.74, 6) is 1.39. The van der Waals surface area contributed by atoms with Crippen molar-refractivity contribution in [3.05, 3.63) is 24.5 Å². The largest absolute Gasteiger partial charge is 0.493 e.